The van der Waals surface area contributed by atoms with Crippen molar-refractivity contribution in [2.75, 3.05) is 26.2 Å². The molecule has 0 aromatic carbocycles. The van der Waals surface area contributed by atoms with Gasteiger partial charge in [-0.15, -0.1) is 0 Å². The molecule has 0 aromatic heterocycles. The van der Waals surface area contributed by atoms with Crippen LogP contribution in [0.25, 0.3) is 0 Å². The van der Waals surface area contributed by atoms with Crippen molar-refractivity contribution in [2.24, 2.45) is 5.92 Å². The fourth-order valence-corrected chi connectivity index (χ4v) is 2.36. The summed E-state index contributed by atoms with van der Waals surface area (Å²) in [6.45, 7) is 9.70. The molecule has 0 atom stereocenters. The fraction of sp³-hybridized carbons (Fsp3) is 0.857. The van der Waals surface area contributed by atoms with E-state index >= 15 is 0 Å². The SMILES string of the molecule is CCN(CC(=O)N1CCC(C)CC1)C(C)(C)C(=O)O. The number of piperidine rings is 1. The Morgan fingerprint density at radius 3 is 2.26 bits per heavy atom. The molecule has 0 unspecified atom stereocenters. The summed E-state index contributed by atoms with van der Waals surface area (Å²) in [4.78, 5) is 27.1. The van der Waals surface area contributed by atoms with Gasteiger partial charge in [0, 0.05) is 13.1 Å². The molecule has 0 saturated carbocycles. The number of carboxylic acid groups (broad SMARTS) is 1. The van der Waals surface area contributed by atoms with Gasteiger partial charge in [-0.05, 0) is 39.2 Å². The standard InChI is InChI=1S/C14H26N2O3/c1-5-16(14(3,4)13(18)19)10-12(17)15-8-6-11(2)7-9-15/h11H,5-10H2,1-4H3,(H,18,19). The van der Waals surface area contributed by atoms with Crippen molar-refractivity contribution in [3.05, 3.63) is 0 Å². The van der Waals surface area contributed by atoms with Gasteiger partial charge in [-0.25, -0.2) is 0 Å². The quantitative estimate of drug-likeness (QED) is 0.821. The monoisotopic (exact) mass is 270 g/mol. The summed E-state index contributed by atoms with van der Waals surface area (Å²) in [7, 11) is 0. The van der Waals surface area contributed by atoms with Crippen LogP contribution in [0, 0.1) is 5.92 Å². The van der Waals surface area contributed by atoms with Gasteiger partial charge >= 0.3 is 5.97 Å². The number of likely N-dealkylation sites (N-methyl/N-ethyl adjacent to an activating group) is 1. The number of amides is 1. The van der Waals surface area contributed by atoms with E-state index in [0.717, 1.165) is 25.9 Å². The Morgan fingerprint density at radius 1 is 1.32 bits per heavy atom. The third kappa shape index (κ3) is 3.93. The molecule has 1 fully saturated rings. The lowest BCUT2D eigenvalue weighted by molar-refractivity contribution is -0.151. The van der Waals surface area contributed by atoms with E-state index in [1.54, 1.807) is 18.7 Å². The summed E-state index contributed by atoms with van der Waals surface area (Å²) in [6.07, 6.45) is 2.08. The average molecular weight is 270 g/mol. The number of aliphatic carboxylic acids is 1. The second-order valence-corrected chi connectivity index (χ2v) is 5.94. The van der Waals surface area contributed by atoms with E-state index in [1.807, 2.05) is 11.8 Å². The number of likely N-dealkylation sites (tertiary alicyclic amines) is 1. The highest BCUT2D eigenvalue weighted by molar-refractivity contribution is 5.81. The first kappa shape index (κ1) is 16.0. The zero-order valence-corrected chi connectivity index (χ0v) is 12.5. The molecule has 1 aliphatic heterocycles. The van der Waals surface area contributed by atoms with E-state index in [9.17, 15) is 14.7 Å². The number of rotatable bonds is 5. The van der Waals surface area contributed by atoms with Gasteiger partial charge in [-0.1, -0.05) is 13.8 Å². The molecular formula is C14H26N2O3. The zero-order valence-electron chi connectivity index (χ0n) is 12.5. The van der Waals surface area contributed by atoms with Gasteiger partial charge in [0.05, 0.1) is 6.54 Å². The van der Waals surface area contributed by atoms with Crippen molar-refractivity contribution >= 4 is 11.9 Å². The maximum Gasteiger partial charge on any atom is 0.323 e. The molecular weight excluding hydrogens is 244 g/mol. The van der Waals surface area contributed by atoms with Gasteiger partial charge in [0.25, 0.3) is 0 Å². The van der Waals surface area contributed by atoms with Crippen molar-refractivity contribution in [3.63, 3.8) is 0 Å². The maximum atomic E-state index is 12.2. The molecule has 1 heterocycles. The highest BCUT2D eigenvalue weighted by Gasteiger charge is 2.35. The van der Waals surface area contributed by atoms with E-state index in [-0.39, 0.29) is 12.5 Å². The Kier molecular flexibility index (Phi) is 5.35. The van der Waals surface area contributed by atoms with Gasteiger partial charge < -0.3 is 10.0 Å². The van der Waals surface area contributed by atoms with Crippen LogP contribution in [0.15, 0.2) is 0 Å². The van der Waals surface area contributed by atoms with Gasteiger partial charge in [0.2, 0.25) is 5.91 Å². The predicted octanol–water partition coefficient (Wildman–Crippen LogP) is 1.43. The lowest BCUT2D eigenvalue weighted by Gasteiger charge is -2.36. The van der Waals surface area contributed by atoms with Crippen molar-refractivity contribution in [1.82, 2.24) is 9.80 Å². The van der Waals surface area contributed by atoms with Crippen molar-refractivity contribution in [2.45, 2.75) is 46.1 Å². The minimum Gasteiger partial charge on any atom is -0.480 e. The number of nitrogens with zero attached hydrogens (tertiary/aromatic N) is 2. The third-order valence-corrected chi connectivity index (χ3v) is 4.16. The third-order valence-electron chi connectivity index (χ3n) is 4.16. The molecule has 1 N–H and O–H groups in total. The smallest absolute Gasteiger partial charge is 0.323 e. The molecule has 1 rings (SSSR count). The highest BCUT2D eigenvalue weighted by Crippen LogP contribution is 2.18. The highest BCUT2D eigenvalue weighted by atomic mass is 16.4. The lowest BCUT2D eigenvalue weighted by atomic mass is 9.99. The molecule has 5 nitrogen and oxygen atoms in total. The van der Waals surface area contributed by atoms with Crippen molar-refractivity contribution < 1.29 is 14.7 Å². The normalized spacial score (nSPS) is 17.8. The Bertz CT molecular complexity index is 334. The van der Waals surface area contributed by atoms with Gasteiger partial charge in [-0.3, -0.25) is 14.5 Å². The van der Waals surface area contributed by atoms with E-state index in [0.29, 0.717) is 12.5 Å². The number of hydrogen-bond acceptors (Lipinski definition) is 3. The average Bonchev–Trinajstić information content (AvgIpc) is 2.35. The molecule has 1 amide bonds. The van der Waals surface area contributed by atoms with Crippen LogP contribution in [-0.2, 0) is 9.59 Å². The van der Waals surface area contributed by atoms with Crippen LogP contribution in [0.3, 0.4) is 0 Å². The minimum atomic E-state index is -1.01. The molecule has 0 spiro atoms. The predicted molar refractivity (Wildman–Crippen MR) is 73.9 cm³/mol. The zero-order chi connectivity index (χ0) is 14.6. The van der Waals surface area contributed by atoms with E-state index in [4.69, 9.17) is 0 Å². The Morgan fingerprint density at radius 2 is 1.84 bits per heavy atom. The van der Waals surface area contributed by atoms with Crippen LogP contribution in [-0.4, -0.2) is 58.5 Å². The molecule has 0 aromatic rings. The minimum absolute atomic E-state index is 0.0445. The molecule has 19 heavy (non-hydrogen) atoms. The summed E-state index contributed by atoms with van der Waals surface area (Å²) in [5.74, 6) is -0.167. The van der Waals surface area contributed by atoms with Crippen LogP contribution >= 0.6 is 0 Å². The van der Waals surface area contributed by atoms with Crippen molar-refractivity contribution in [3.8, 4) is 0 Å². The first-order valence-electron chi connectivity index (χ1n) is 7.05. The topological polar surface area (TPSA) is 60.9 Å². The lowest BCUT2D eigenvalue weighted by Crippen LogP contribution is -2.54. The second-order valence-electron chi connectivity index (χ2n) is 5.94. The van der Waals surface area contributed by atoms with Crippen molar-refractivity contribution in [1.29, 1.82) is 0 Å². The summed E-state index contributed by atoms with van der Waals surface area (Å²) < 4.78 is 0. The fourth-order valence-electron chi connectivity index (χ4n) is 2.36. The van der Waals surface area contributed by atoms with Gasteiger partial charge in [-0.2, -0.15) is 0 Å². The Labute approximate surface area is 115 Å². The maximum absolute atomic E-state index is 12.2. The summed E-state index contributed by atoms with van der Waals surface area (Å²) in [6, 6.07) is 0. The van der Waals surface area contributed by atoms with Crippen LogP contribution in [0.2, 0.25) is 0 Å². The van der Waals surface area contributed by atoms with Crippen LogP contribution in [0.5, 0.6) is 0 Å². The molecule has 0 bridgehead atoms. The molecule has 0 radical (unpaired) electrons. The summed E-state index contributed by atoms with van der Waals surface area (Å²) in [5, 5.41) is 9.23. The van der Waals surface area contributed by atoms with Gasteiger partial charge in [0.1, 0.15) is 5.54 Å². The van der Waals surface area contributed by atoms with Crippen LogP contribution in [0.4, 0.5) is 0 Å². The largest absolute Gasteiger partial charge is 0.480 e. The summed E-state index contributed by atoms with van der Waals surface area (Å²) in [5.41, 5.74) is -1.01. The number of carbonyl (C=O) groups is 2. The number of carboxylic acids is 1. The van der Waals surface area contributed by atoms with Gasteiger partial charge in [0.15, 0.2) is 0 Å². The molecule has 1 aliphatic rings. The molecule has 110 valence electrons. The Balaban J connectivity index is 2.61. The van der Waals surface area contributed by atoms with E-state index < -0.39 is 11.5 Å². The number of hydrogen-bond donors (Lipinski definition) is 1. The van der Waals surface area contributed by atoms with E-state index in [1.165, 1.54) is 0 Å². The second kappa shape index (κ2) is 6.37. The molecule has 1 saturated heterocycles. The molecule has 5 heteroatoms. The Hall–Kier alpha value is -1.10. The van der Waals surface area contributed by atoms with E-state index in [2.05, 4.69) is 6.92 Å². The number of carbonyl (C=O) groups excluding carboxylic acids is 1. The summed E-state index contributed by atoms with van der Waals surface area (Å²) >= 11 is 0. The van der Waals surface area contributed by atoms with Crippen LogP contribution < -0.4 is 0 Å². The van der Waals surface area contributed by atoms with Crippen LogP contribution in [0.1, 0.15) is 40.5 Å². The first-order chi connectivity index (χ1) is 8.78. The molecule has 0 aliphatic carbocycles. The first-order valence-corrected chi connectivity index (χ1v) is 7.05.